The quantitative estimate of drug-likeness (QED) is 0.714. The average Bonchev–Trinajstić information content (AvgIpc) is 2.33. The van der Waals surface area contributed by atoms with Gasteiger partial charge in [-0.15, -0.1) is 3.89 Å². The molecule has 0 aliphatic heterocycles. The molecule has 0 amide bonds. The largest absolute Gasteiger partial charge is 0.497 e. The van der Waals surface area contributed by atoms with Gasteiger partial charge in [0, 0.05) is 18.8 Å². The number of ether oxygens (including phenoxy) is 1. The van der Waals surface area contributed by atoms with E-state index in [1.165, 1.54) is 12.0 Å². The van der Waals surface area contributed by atoms with Gasteiger partial charge >= 0.3 is 10.2 Å². The zero-order valence-corrected chi connectivity index (χ0v) is 10.8. The van der Waals surface area contributed by atoms with Gasteiger partial charge < -0.3 is 9.64 Å². The number of rotatable bonds is 7. The van der Waals surface area contributed by atoms with E-state index in [4.69, 9.17) is 4.74 Å². The maximum absolute atomic E-state index is 12.5. The van der Waals surface area contributed by atoms with Crippen LogP contribution in [0.1, 0.15) is 0 Å². The van der Waals surface area contributed by atoms with Crippen LogP contribution in [0.4, 0.5) is 14.0 Å². The standard InChI is InChI=1S/C11H15F2NO3S/c1-17-11-4-2-10(3-5-11)14(7-6-12)8-9-18(13,15)16/h2-5H,6-9H2,1H3. The first kappa shape index (κ1) is 14.7. The number of methoxy groups -OCH3 is 1. The molecule has 0 fully saturated rings. The second-order valence-corrected chi connectivity index (χ2v) is 5.10. The first-order chi connectivity index (χ1) is 8.46. The highest BCUT2D eigenvalue weighted by molar-refractivity contribution is 7.86. The minimum absolute atomic E-state index is 0.0157. The molecule has 0 unspecified atom stereocenters. The van der Waals surface area contributed by atoms with Gasteiger partial charge in [-0.3, -0.25) is 0 Å². The van der Waals surface area contributed by atoms with Gasteiger partial charge in [0.05, 0.1) is 12.9 Å². The van der Waals surface area contributed by atoms with Gasteiger partial charge in [0.1, 0.15) is 12.4 Å². The fourth-order valence-electron chi connectivity index (χ4n) is 1.48. The molecule has 102 valence electrons. The molecule has 1 aromatic rings. The zero-order chi connectivity index (χ0) is 13.6. The summed E-state index contributed by atoms with van der Waals surface area (Å²) in [6, 6.07) is 6.67. The Morgan fingerprint density at radius 2 is 1.83 bits per heavy atom. The molecular formula is C11H15F2NO3S. The van der Waals surface area contributed by atoms with Gasteiger partial charge in [-0.05, 0) is 24.3 Å². The summed E-state index contributed by atoms with van der Waals surface area (Å²) >= 11 is 0. The van der Waals surface area contributed by atoms with Crippen LogP contribution in [0.15, 0.2) is 24.3 Å². The van der Waals surface area contributed by atoms with Gasteiger partial charge in [0.2, 0.25) is 0 Å². The highest BCUT2D eigenvalue weighted by atomic mass is 32.3. The number of hydrogen-bond acceptors (Lipinski definition) is 4. The van der Waals surface area contributed by atoms with Crippen molar-refractivity contribution < 1.29 is 21.4 Å². The van der Waals surface area contributed by atoms with Crippen molar-refractivity contribution in [2.24, 2.45) is 0 Å². The van der Waals surface area contributed by atoms with Crippen molar-refractivity contribution in [2.45, 2.75) is 0 Å². The van der Waals surface area contributed by atoms with E-state index < -0.39 is 22.7 Å². The minimum Gasteiger partial charge on any atom is -0.497 e. The molecule has 0 saturated heterocycles. The maximum Gasteiger partial charge on any atom is 0.304 e. The van der Waals surface area contributed by atoms with Crippen molar-refractivity contribution in [3.63, 3.8) is 0 Å². The third-order valence-electron chi connectivity index (χ3n) is 2.40. The lowest BCUT2D eigenvalue weighted by molar-refractivity contribution is 0.414. The van der Waals surface area contributed by atoms with Gasteiger partial charge in [-0.25, -0.2) is 4.39 Å². The Kier molecular flexibility index (Phi) is 5.33. The van der Waals surface area contributed by atoms with Crippen LogP contribution < -0.4 is 9.64 Å². The molecule has 0 bridgehead atoms. The molecule has 18 heavy (non-hydrogen) atoms. The summed E-state index contributed by atoms with van der Waals surface area (Å²) in [6.07, 6.45) is 0. The predicted octanol–water partition coefficient (Wildman–Crippen LogP) is 1.77. The van der Waals surface area contributed by atoms with E-state index in [0.29, 0.717) is 11.4 Å². The number of halogens is 2. The number of anilines is 1. The lowest BCUT2D eigenvalue weighted by atomic mass is 10.2. The third-order valence-corrected chi connectivity index (χ3v) is 3.07. The van der Waals surface area contributed by atoms with Gasteiger partial charge in [-0.2, -0.15) is 8.42 Å². The smallest absolute Gasteiger partial charge is 0.304 e. The SMILES string of the molecule is COc1ccc(N(CCF)CCS(=O)(=O)F)cc1. The monoisotopic (exact) mass is 279 g/mol. The minimum atomic E-state index is -4.55. The first-order valence-electron chi connectivity index (χ1n) is 5.33. The van der Waals surface area contributed by atoms with Crippen molar-refractivity contribution in [1.29, 1.82) is 0 Å². The van der Waals surface area contributed by atoms with E-state index in [-0.39, 0.29) is 13.1 Å². The van der Waals surface area contributed by atoms with Crippen molar-refractivity contribution >= 4 is 15.9 Å². The first-order valence-corrected chi connectivity index (χ1v) is 6.89. The molecule has 1 aromatic carbocycles. The summed E-state index contributed by atoms with van der Waals surface area (Å²) < 4.78 is 50.7. The second kappa shape index (κ2) is 6.53. The van der Waals surface area contributed by atoms with Crippen LogP contribution in [0.2, 0.25) is 0 Å². The van der Waals surface area contributed by atoms with Crippen molar-refractivity contribution in [3.8, 4) is 5.75 Å². The number of alkyl halides is 1. The predicted molar refractivity (Wildman–Crippen MR) is 66.1 cm³/mol. The third kappa shape index (κ3) is 4.87. The molecule has 1 rings (SSSR count). The zero-order valence-electron chi connectivity index (χ0n) is 9.97. The molecule has 0 N–H and O–H groups in total. The molecule has 0 aromatic heterocycles. The summed E-state index contributed by atoms with van der Waals surface area (Å²) in [6.45, 7) is -0.713. The summed E-state index contributed by atoms with van der Waals surface area (Å²) in [5.74, 6) is -0.0176. The van der Waals surface area contributed by atoms with Crippen LogP contribution in [-0.2, 0) is 10.2 Å². The second-order valence-electron chi connectivity index (χ2n) is 3.62. The molecule has 0 spiro atoms. The molecule has 0 aliphatic carbocycles. The molecular weight excluding hydrogens is 264 g/mol. The Bertz CT molecular complexity index is 462. The molecule has 0 heterocycles. The molecule has 0 saturated carbocycles. The van der Waals surface area contributed by atoms with Crippen molar-refractivity contribution in [1.82, 2.24) is 0 Å². The van der Waals surface area contributed by atoms with E-state index in [1.54, 1.807) is 24.3 Å². The summed E-state index contributed by atoms with van der Waals surface area (Å²) in [7, 11) is -3.03. The highest BCUT2D eigenvalue weighted by Crippen LogP contribution is 2.19. The normalized spacial score (nSPS) is 11.3. The van der Waals surface area contributed by atoms with Crippen LogP contribution in [0.25, 0.3) is 0 Å². The number of nitrogens with zero attached hydrogens (tertiary/aromatic N) is 1. The summed E-state index contributed by atoms with van der Waals surface area (Å²) in [4.78, 5) is 1.47. The van der Waals surface area contributed by atoms with E-state index in [1.807, 2.05) is 0 Å². The molecule has 0 aliphatic rings. The van der Waals surface area contributed by atoms with E-state index in [9.17, 15) is 16.7 Å². The molecule has 0 radical (unpaired) electrons. The lowest BCUT2D eigenvalue weighted by Crippen LogP contribution is -2.30. The fourth-order valence-corrected chi connectivity index (χ4v) is 1.92. The van der Waals surface area contributed by atoms with E-state index in [0.717, 1.165) is 0 Å². The topological polar surface area (TPSA) is 46.6 Å². The van der Waals surface area contributed by atoms with Crippen LogP contribution in [0, 0.1) is 0 Å². The molecule has 7 heteroatoms. The summed E-state index contributed by atoms with van der Waals surface area (Å²) in [5, 5.41) is 0. The molecule has 4 nitrogen and oxygen atoms in total. The van der Waals surface area contributed by atoms with E-state index in [2.05, 4.69) is 0 Å². The van der Waals surface area contributed by atoms with Crippen LogP contribution >= 0.6 is 0 Å². The summed E-state index contributed by atoms with van der Waals surface area (Å²) in [5.41, 5.74) is 0.622. The average molecular weight is 279 g/mol. The number of benzene rings is 1. The Balaban J connectivity index is 2.76. The van der Waals surface area contributed by atoms with E-state index >= 15 is 0 Å². The Morgan fingerprint density at radius 1 is 1.22 bits per heavy atom. The van der Waals surface area contributed by atoms with Gasteiger partial charge in [0.25, 0.3) is 0 Å². The highest BCUT2D eigenvalue weighted by Gasteiger charge is 2.12. The Hall–Kier alpha value is -1.37. The lowest BCUT2D eigenvalue weighted by Gasteiger charge is -2.22. The Labute approximate surface area is 105 Å². The molecule has 0 atom stereocenters. The van der Waals surface area contributed by atoms with Crippen LogP contribution in [0.5, 0.6) is 5.75 Å². The van der Waals surface area contributed by atoms with Gasteiger partial charge in [-0.1, -0.05) is 0 Å². The number of hydrogen-bond donors (Lipinski definition) is 0. The Morgan fingerprint density at radius 3 is 2.28 bits per heavy atom. The van der Waals surface area contributed by atoms with Gasteiger partial charge in [0.15, 0.2) is 0 Å². The fraction of sp³-hybridized carbons (Fsp3) is 0.455. The van der Waals surface area contributed by atoms with Crippen molar-refractivity contribution in [3.05, 3.63) is 24.3 Å². The van der Waals surface area contributed by atoms with Crippen LogP contribution in [0.3, 0.4) is 0 Å². The van der Waals surface area contributed by atoms with Crippen molar-refractivity contribution in [2.75, 3.05) is 37.5 Å². The van der Waals surface area contributed by atoms with Crippen LogP contribution in [-0.4, -0.2) is 41.0 Å². The maximum atomic E-state index is 12.5.